The Kier molecular flexibility index (Phi) is 5.22. The smallest absolute Gasteiger partial charge is 0.332 e. The van der Waals surface area contributed by atoms with Gasteiger partial charge in [-0.15, -0.1) is 0 Å². The van der Waals surface area contributed by atoms with Crippen LogP contribution in [0, 0.1) is 19.7 Å². The predicted octanol–water partition coefficient (Wildman–Crippen LogP) is 2.76. The monoisotopic (exact) mass is 422 g/mol. The van der Waals surface area contributed by atoms with Crippen molar-refractivity contribution in [2.75, 3.05) is 7.11 Å². The van der Waals surface area contributed by atoms with Crippen LogP contribution in [-0.4, -0.2) is 25.8 Å². The summed E-state index contributed by atoms with van der Waals surface area (Å²) >= 11 is 0. The molecule has 7 nitrogen and oxygen atoms in total. The second-order valence-corrected chi connectivity index (χ2v) is 7.54. The van der Waals surface area contributed by atoms with Crippen LogP contribution in [0.2, 0.25) is 0 Å². The molecule has 0 aliphatic heterocycles. The lowest BCUT2D eigenvalue weighted by molar-refractivity contribution is 0.414. The first kappa shape index (κ1) is 20.6. The minimum atomic E-state index is -0.466. The van der Waals surface area contributed by atoms with Gasteiger partial charge in [-0.05, 0) is 43.2 Å². The highest BCUT2D eigenvalue weighted by Crippen LogP contribution is 2.19. The molecule has 0 spiro atoms. The molecule has 0 saturated heterocycles. The van der Waals surface area contributed by atoms with Crippen LogP contribution >= 0.6 is 0 Å². The summed E-state index contributed by atoms with van der Waals surface area (Å²) in [4.78, 5) is 30.8. The van der Waals surface area contributed by atoms with E-state index in [1.54, 1.807) is 49.9 Å². The molecule has 0 aliphatic rings. The van der Waals surface area contributed by atoms with Crippen LogP contribution < -0.4 is 16.0 Å². The van der Waals surface area contributed by atoms with Gasteiger partial charge in [0.2, 0.25) is 0 Å². The van der Waals surface area contributed by atoms with Gasteiger partial charge >= 0.3 is 5.69 Å². The molecule has 4 aromatic rings. The summed E-state index contributed by atoms with van der Waals surface area (Å²) in [7, 11) is 3.14. The van der Waals surface area contributed by atoms with Crippen molar-refractivity contribution in [1.82, 2.24) is 18.7 Å². The van der Waals surface area contributed by atoms with Gasteiger partial charge < -0.3 is 9.30 Å². The molecule has 0 bridgehead atoms. The van der Waals surface area contributed by atoms with Gasteiger partial charge in [-0.2, -0.15) is 0 Å². The van der Waals surface area contributed by atoms with Gasteiger partial charge in [0.15, 0.2) is 11.2 Å². The van der Waals surface area contributed by atoms with Crippen molar-refractivity contribution >= 4 is 11.2 Å². The molecule has 0 unspecified atom stereocenters. The third-order valence-electron chi connectivity index (χ3n) is 5.57. The summed E-state index contributed by atoms with van der Waals surface area (Å²) < 4.78 is 23.9. The Morgan fingerprint density at radius 2 is 1.77 bits per heavy atom. The van der Waals surface area contributed by atoms with Crippen LogP contribution in [-0.2, 0) is 20.1 Å². The molecule has 2 aromatic carbocycles. The van der Waals surface area contributed by atoms with Gasteiger partial charge in [0.25, 0.3) is 5.56 Å². The molecule has 0 saturated carbocycles. The van der Waals surface area contributed by atoms with Crippen molar-refractivity contribution in [3.05, 3.63) is 91.6 Å². The number of imidazole rings is 1. The topological polar surface area (TPSA) is 71.1 Å². The van der Waals surface area contributed by atoms with Crippen molar-refractivity contribution < 1.29 is 9.13 Å². The maximum Gasteiger partial charge on any atom is 0.332 e. The van der Waals surface area contributed by atoms with Crippen LogP contribution in [0.3, 0.4) is 0 Å². The summed E-state index contributed by atoms with van der Waals surface area (Å²) in [6, 6.07) is 12.1. The van der Waals surface area contributed by atoms with Crippen molar-refractivity contribution in [3.8, 4) is 5.75 Å². The van der Waals surface area contributed by atoms with Crippen LogP contribution in [0.5, 0.6) is 5.75 Å². The third-order valence-corrected chi connectivity index (χ3v) is 5.57. The molecule has 0 radical (unpaired) electrons. The highest BCUT2D eigenvalue weighted by Gasteiger charge is 2.20. The lowest BCUT2D eigenvalue weighted by Gasteiger charge is -2.13. The lowest BCUT2D eigenvalue weighted by Crippen LogP contribution is -2.40. The normalized spacial score (nSPS) is 11.3. The highest BCUT2D eigenvalue weighted by atomic mass is 19.1. The number of halogens is 1. The first-order valence-electron chi connectivity index (χ1n) is 9.85. The van der Waals surface area contributed by atoms with E-state index in [1.165, 1.54) is 15.2 Å². The average molecular weight is 422 g/mol. The zero-order valence-corrected chi connectivity index (χ0v) is 17.8. The molecule has 4 rings (SSSR count). The van der Waals surface area contributed by atoms with E-state index < -0.39 is 11.2 Å². The second-order valence-electron chi connectivity index (χ2n) is 7.54. The molecule has 0 aliphatic carbocycles. The summed E-state index contributed by atoms with van der Waals surface area (Å²) in [5.41, 5.74) is 1.64. The number of rotatable bonds is 5. The Morgan fingerprint density at radius 3 is 2.48 bits per heavy atom. The van der Waals surface area contributed by atoms with Gasteiger partial charge in [0.1, 0.15) is 17.4 Å². The standard InChI is InChI=1S/C23H23FN4O3/c1-14-7-5-10-19(24)18(14)13-27-15(2)25-21-20(27)22(29)28(23(30)26(21)3)12-16-8-6-9-17(11-16)31-4/h5-11H,12-13H2,1-4H3. The number of methoxy groups -OCH3 is 1. The van der Waals surface area contributed by atoms with E-state index in [0.717, 1.165) is 11.1 Å². The van der Waals surface area contributed by atoms with Crippen LogP contribution in [0.25, 0.3) is 11.2 Å². The van der Waals surface area contributed by atoms with E-state index in [2.05, 4.69) is 4.98 Å². The van der Waals surface area contributed by atoms with Crippen LogP contribution in [0.1, 0.15) is 22.5 Å². The fraction of sp³-hybridized carbons (Fsp3) is 0.261. The Morgan fingerprint density at radius 1 is 1.03 bits per heavy atom. The van der Waals surface area contributed by atoms with E-state index in [9.17, 15) is 14.0 Å². The van der Waals surface area contributed by atoms with Crippen LogP contribution in [0.4, 0.5) is 4.39 Å². The van der Waals surface area contributed by atoms with Crippen molar-refractivity contribution in [3.63, 3.8) is 0 Å². The minimum Gasteiger partial charge on any atom is -0.497 e. The van der Waals surface area contributed by atoms with Gasteiger partial charge in [-0.1, -0.05) is 24.3 Å². The summed E-state index contributed by atoms with van der Waals surface area (Å²) in [5.74, 6) is 0.825. The Hall–Kier alpha value is -3.68. The largest absolute Gasteiger partial charge is 0.497 e. The van der Waals surface area contributed by atoms with Gasteiger partial charge in [-0.25, -0.2) is 14.2 Å². The average Bonchev–Trinajstić information content (AvgIpc) is 3.08. The lowest BCUT2D eigenvalue weighted by atomic mass is 10.1. The number of hydrogen-bond acceptors (Lipinski definition) is 4. The maximum atomic E-state index is 14.5. The fourth-order valence-corrected chi connectivity index (χ4v) is 3.79. The zero-order chi connectivity index (χ0) is 22.3. The Labute approximate surface area is 178 Å². The van der Waals surface area contributed by atoms with E-state index in [1.807, 2.05) is 19.1 Å². The molecule has 2 heterocycles. The molecule has 8 heteroatoms. The fourth-order valence-electron chi connectivity index (χ4n) is 3.79. The first-order chi connectivity index (χ1) is 14.8. The number of aromatic nitrogens is 4. The van der Waals surface area contributed by atoms with E-state index in [0.29, 0.717) is 17.1 Å². The quantitative estimate of drug-likeness (QED) is 0.496. The molecule has 160 valence electrons. The molecule has 2 aromatic heterocycles. The Bertz CT molecular complexity index is 1390. The van der Waals surface area contributed by atoms with Gasteiger partial charge in [-0.3, -0.25) is 13.9 Å². The highest BCUT2D eigenvalue weighted by molar-refractivity contribution is 5.71. The van der Waals surface area contributed by atoms with Crippen molar-refractivity contribution in [1.29, 1.82) is 0 Å². The number of nitrogens with zero attached hydrogens (tertiary/aromatic N) is 4. The zero-order valence-electron chi connectivity index (χ0n) is 17.8. The van der Waals surface area contributed by atoms with E-state index in [-0.39, 0.29) is 30.1 Å². The molecule has 0 atom stereocenters. The molecule has 0 N–H and O–H groups in total. The number of benzene rings is 2. The third kappa shape index (κ3) is 3.54. The number of ether oxygens (including phenoxy) is 1. The maximum absolute atomic E-state index is 14.5. The molecule has 31 heavy (non-hydrogen) atoms. The summed E-state index contributed by atoms with van der Waals surface area (Å²) in [6.45, 7) is 3.80. The van der Waals surface area contributed by atoms with Gasteiger partial charge in [0, 0.05) is 12.6 Å². The van der Waals surface area contributed by atoms with Crippen molar-refractivity contribution in [2.45, 2.75) is 26.9 Å². The molecule has 0 fully saturated rings. The van der Waals surface area contributed by atoms with Gasteiger partial charge in [0.05, 0.1) is 20.2 Å². The SMILES string of the molecule is COc1cccc(Cn2c(=O)c3c(nc(C)n3Cc3c(C)cccc3F)n(C)c2=O)c1. The second kappa shape index (κ2) is 7.86. The minimum absolute atomic E-state index is 0.0849. The number of hydrogen-bond donors (Lipinski definition) is 0. The number of aryl methyl sites for hydroxylation is 3. The van der Waals surface area contributed by atoms with Crippen molar-refractivity contribution in [2.24, 2.45) is 7.05 Å². The summed E-state index contributed by atoms with van der Waals surface area (Å²) in [6.07, 6.45) is 0. The molecular weight excluding hydrogens is 399 g/mol. The van der Waals surface area contributed by atoms with E-state index in [4.69, 9.17) is 4.74 Å². The predicted molar refractivity (Wildman–Crippen MR) is 116 cm³/mol. The Balaban J connectivity index is 1.91. The first-order valence-corrected chi connectivity index (χ1v) is 9.85. The van der Waals surface area contributed by atoms with E-state index >= 15 is 0 Å². The molecule has 0 amide bonds. The summed E-state index contributed by atoms with van der Waals surface area (Å²) in [5, 5.41) is 0. The van der Waals surface area contributed by atoms with Crippen LogP contribution in [0.15, 0.2) is 52.1 Å². The molecular formula is C23H23FN4O3. The number of fused-ring (bicyclic) bond motifs is 1.